The number of alkyl halides is 3. The molecule has 5 rings (SSSR count). The molecule has 0 atom stereocenters. The average molecular weight is 580 g/mol. The maximum atomic E-state index is 13.8. The third kappa shape index (κ3) is 6.29. The first-order chi connectivity index (χ1) is 19.3. The highest BCUT2D eigenvalue weighted by Crippen LogP contribution is 2.36. The number of piperidine rings is 1. The molecule has 11 nitrogen and oxygen atoms in total. The van der Waals surface area contributed by atoms with Crippen molar-refractivity contribution in [2.75, 3.05) is 37.7 Å². The number of fused-ring (bicyclic) bond motifs is 1. The molecule has 3 aliphatic rings. The van der Waals surface area contributed by atoms with Crippen LogP contribution in [0.4, 0.5) is 23.2 Å². The molecule has 3 N–H and O–H groups in total. The summed E-state index contributed by atoms with van der Waals surface area (Å²) in [6.07, 6.45) is -3.91. The molecule has 0 aliphatic carbocycles. The van der Waals surface area contributed by atoms with E-state index >= 15 is 0 Å². The van der Waals surface area contributed by atoms with Crippen LogP contribution in [-0.2, 0) is 14.3 Å². The van der Waals surface area contributed by atoms with Gasteiger partial charge < -0.3 is 30.3 Å². The van der Waals surface area contributed by atoms with E-state index < -0.39 is 29.6 Å². The summed E-state index contributed by atoms with van der Waals surface area (Å²) in [4.78, 5) is 61.5. The molecule has 3 heterocycles. The van der Waals surface area contributed by atoms with E-state index in [2.05, 4.69) is 20.3 Å². The number of benzene rings is 2. The molecule has 3 aliphatic heterocycles. The van der Waals surface area contributed by atoms with Crippen molar-refractivity contribution in [2.45, 2.75) is 24.6 Å². The topological polar surface area (TPSA) is 145 Å². The first-order valence-electron chi connectivity index (χ1n) is 12.3. The van der Waals surface area contributed by atoms with Crippen LogP contribution in [0.1, 0.15) is 43.9 Å². The van der Waals surface area contributed by atoms with Crippen LogP contribution in [0.3, 0.4) is 0 Å². The van der Waals surface area contributed by atoms with Crippen LogP contribution in [0, 0.1) is 5.82 Å². The number of aliphatic carboxylic acids is 1. The van der Waals surface area contributed by atoms with Crippen molar-refractivity contribution in [2.24, 2.45) is 0 Å². The largest absolute Gasteiger partial charge is 0.490 e. The van der Waals surface area contributed by atoms with Gasteiger partial charge in [-0.1, -0.05) is 6.07 Å². The summed E-state index contributed by atoms with van der Waals surface area (Å²) in [7, 11) is 0. The minimum atomic E-state index is -5.08. The highest BCUT2D eigenvalue weighted by molar-refractivity contribution is 6.15. The van der Waals surface area contributed by atoms with Crippen molar-refractivity contribution in [3.63, 3.8) is 0 Å². The second-order valence-electron chi connectivity index (χ2n) is 9.44. The number of cyclic esters (lactones) is 2. The molecule has 2 aromatic rings. The third-order valence-corrected chi connectivity index (χ3v) is 7.00. The molecular formula is C26H24F4N4O7. The fraction of sp³-hybridized carbons (Fsp3) is 0.346. The highest BCUT2D eigenvalue weighted by Gasteiger charge is 2.50. The zero-order valence-electron chi connectivity index (χ0n) is 21.3. The zero-order chi connectivity index (χ0) is 29.9. The van der Waals surface area contributed by atoms with Crippen LogP contribution < -0.4 is 15.5 Å². The van der Waals surface area contributed by atoms with Gasteiger partial charge in [0.15, 0.2) is 0 Å². The van der Waals surface area contributed by atoms with Crippen LogP contribution >= 0.6 is 0 Å². The Kier molecular flexibility index (Phi) is 8.28. The molecule has 2 fully saturated rings. The van der Waals surface area contributed by atoms with E-state index in [4.69, 9.17) is 9.90 Å². The monoisotopic (exact) mass is 580 g/mol. The first-order valence-corrected chi connectivity index (χ1v) is 12.3. The Morgan fingerprint density at radius 2 is 1.68 bits per heavy atom. The number of halogens is 4. The number of nitrogens with zero attached hydrogens (tertiary/aromatic N) is 2. The van der Waals surface area contributed by atoms with Crippen LogP contribution in [-0.4, -0.2) is 84.3 Å². The number of hydrogen-bond donors (Lipinski definition) is 3. The van der Waals surface area contributed by atoms with E-state index in [0.29, 0.717) is 51.4 Å². The van der Waals surface area contributed by atoms with Gasteiger partial charge in [0.1, 0.15) is 11.4 Å². The molecule has 2 amide bonds. The normalized spacial score (nSPS) is 17.9. The summed E-state index contributed by atoms with van der Waals surface area (Å²) in [6, 6.07) is 10.5. The van der Waals surface area contributed by atoms with E-state index in [1.165, 1.54) is 30.3 Å². The lowest BCUT2D eigenvalue weighted by Gasteiger charge is -2.43. The molecule has 0 bridgehead atoms. The van der Waals surface area contributed by atoms with Gasteiger partial charge in [-0.05, 0) is 49.2 Å². The Balaban J connectivity index is 0.000000493. The lowest BCUT2D eigenvalue weighted by molar-refractivity contribution is -0.192. The average Bonchev–Trinajstić information content (AvgIpc) is 3.39. The van der Waals surface area contributed by atoms with Gasteiger partial charge in [0.05, 0.1) is 17.8 Å². The Morgan fingerprint density at radius 3 is 2.32 bits per heavy atom. The van der Waals surface area contributed by atoms with E-state index in [1.54, 1.807) is 6.07 Å². The summed E-state index contributed by atoms with van der Waals surface area (Å²) in [5, 5.41) is 12.8. The highest BCUT2D eigenvalue weighted by atomic mass is 19.4. The second-order valence-corrected chi connectivity index (χ2v) is 9.44. The summed E-state index contributed by atoms with van der Waals surface area (Å²) in [6.45, 7) is 2.63. The van der Waals surface area contributed by atoms with Gasteiger partial charge >= 0.3 is 24.1 Å². The van der Waals surface area contributed by atoms with Gasteiger partial charge in [-0.3, -0.25) is 9.59 Å². The fourth-order valence-corrected chi connectivity index (χ4v) is 4.87. The van der Waals surface area contributed by atoms with E-state index in [-0.39, 0.29) is 34.3 Å². The van der Waals surface area contributed by atoms with Crippen molar-refractivity contribution in [3.05, 3.63) is 65.0 Å². The first kappa shape index (κ1) is 29.5. The fourth-order valence-electron chi connectivity index (χ4n) is 4.87. The maximum absolute atomic E-state index is 13.8. The van der Waals surface area contributed by atoms with Crippen LogP contribution in [0.15, 0.2) is 42.5 Å². The van der Waals surface area contributed by atoms with Gasteiger partial charge in [0, 0.05) is 37.4 Å². The molecule has 0 saturated carbocycles. The SMILES string of the molecule is O=C(NCCN1CCC2(CC1)C(=O)NCN2c1cccc(F)c1)c1ccc2c(c1)C(=O)OC2=O.O=C(O)C(F)(F)F. The molecule has 0 aromatic heterocycles. The van der Waals surface area contributed by atoms with E-state index in [0.717, 1.165) is 0 Å². The molecule has 1 spiro atoms. The molecule has 0 radical (unpaired) electrons. The Hall–Kier alpha value is -4.53. The van der Waals surface area contributed by atoms with Crippen molar-refractivity contribution in [1.29, 1.82) is 0 Å². The van der Waals surface area contributed by atoms with Gasteiger partial charge in [0.25, 0.3) is 5.91 Å². The summed E-state index contributed by atoms with van der Waals surface area (Å²) in [5.74, 6) is -4.95. The van der Waals surface area contributed by atoms with Crippen LogP contribution in [0.25, 0.3) is 0 Å². The van der Waals surface area contributed by atoms with Gasteiger partial charge in [-0.2, -0.15) is 13.2 Å². The summed E-state index contributed by atoms with van der Waals surface area (Å²) < 4.78 is 50.0. The van der Waals surface area contributed by atoms with Crippen molar-refractivity contribution >= 4 is 35.4 Å². The quantitative estimate of drug-likeness (QED) is 0.274. The Morgan fingerprint density at radius 1 is 1.02 bits per heavy atom. The molecule has 2 aromatic carbocycles. The summed E-state index contributed by atoms with van der Waals surface area (Å²) in [5.41, 5.74) is 0.503. The molecular weight excluding hydrogens is 556 g/mol. The molecule has 41 heavy (non-hydrogen) atoms. The van der Waals surface area contributed by atoms with Crippen LogP contribution in [0.5, 0.6) is 0 Å². The predicted octanol–water partition coefficient (Wildman–Crippen LogP) is 1.93. The van der Waals surface area contributed by atoms with Gasteiger partial charge in [-0.25, -0.2) is 18.8 Å². The number of ether oxygens (including phenoxy) is 1. The van der Waals surface area contributed by atoms with Crippen LogP contribution in [0.2, 0.25) is 0 Å². The number of amides is 2. The lowest BCUT2D eigenvalue weighted by Crippen LogP contribution is -2.57. The van der Waals surface area contributed by atoms with Gasteiger partial charge in [-0.15, -0.1) is 0 Å². The molecule has 2 saturated heterocycles. The maximum Gasteiger partial charge on any atom is 0.490 e. The van der Waals surface area contributed by atoms with E-state index in [9.17, 15) is 36.7 Å². The lowest BCUT2D eigenvalue weighted by atomic mass is 9.85. The number of carboxylic acid groups (broad SMARTS) is 1. The summed E-state index contributed by atoms with van der Waals surface area (Å²) >= 11 is 0. The Labute approximate surface area is 230 Å². The predicted molar refractivity (Wildman–Crippen MR) is 133 cm³/mol. The number of carbonyl (C=O) groups excluding carboxylic acids is 4. The smallest absolute Gasteiger partial charge is 0.475 e. The molecule has 218 valence electrons. The number of rotatable bonds is 5. The van der Waals surface area contributed by atoms with Crippen molar-refractivity contribution in [3.8, 4) is 0 Å². The van der Waals surface area contributed by atoms with Gasteiger partial charge in [0.2, 0.25) is 5.91 Å². The number of carboxylic acids is 1. The minimum Gasteiger partial charge on any atom is -0.475 e. The number of esters is 2. The number of likely N-dealkylation sites (tertiary alicyclic amines) is 1. The standard InChI is InChI=1S/C24H23FN4O5.C2HF3O2/c25-16-2-1-3-17(13-16)29-14-27-23(33)24(29)6-9-28(10-7-24)11-8-26-20(30)15-4-5-18-19(12-15)22(32)34-21(18)31;3-2(4,5)1(6)7/h1-5,12-13H,6-11,14H2,(H,26,30)(H,27,33);(H,6,7). The Bertz CT molecular complexity index is 1390. The molecule has 0 unspecified atom stereocenters. The van der Waals surface area contributed by atoms with E-state index in [1.807, 2.05) is 11.0 Å². The number of hydrogen-bond acceptors (Lipinski definition) is 8. The second kappa shape index (κ2) is 11.5. The third-order valence-electron chi connectivity index (χ3n) is 7.00. The minimum absolute atomic E-state index is 0.0432. The number of anilines is 1. The molecule has 15 heteroatoms. The zero-order valence-corrected chi connectivity index (χ0v) is 21.3. The van der Waals surface area contributed by atoms with Crippen molar-refractivity contribution in [1.82, 2.24) is 15.5 Å². The number of nitrogens with one attached hydrogen (secondary N) is 2. The number of carbonyl (C=O) groups is 5. The van der Waals surface area contributed by atoms with Crippen molar-refractivity contribution < 1.29 is 51.4 Å².